The number of rotatable bonds is 8. The molecule has 1 atom stereocenters. The number of hydrogen-bond acceptors (Lipinski definition) is 8. The highest BCUT2D eigenvalue weighted by atomic mass is 32.2. The van der Waals surface area contributed by atoms with E-state index in [2.05, 4.69) is 58.3 Å². The SMILES string of the molecule is CSC[N+]1(c2cc(SNC3(C)CC3)cn3c(-c4nnc(C(F)F)s4)ncc23)CCNC(C)=C1C. The smallest absolute Gasteiger partial charge is 0.291 e. The predicted octanol–water partition coefficient (Wildman–Crippen LogP) is 5.42. The van der Waals surface area contributed by atoms with Crippen LogP contribution >= 0.6 is 35.0 Å². The molecule has 2 N–H and O–H groups in total. The quantitative estimate of drug-likeness (QED) is 0.301. The Balaban J connectivity index is 1.69. The molecule has 3 aromatic rings. The number of aromatic nitrogens is 4. The molecule has 0 bridgehead atoms. The molecule has 1 saturated carbocycles. The number of nitrogens with one attached hydrogen (secondary N) is 2. The average molecular weight is 525 g/mol. The Kier molecular flexibility index (Phi) is 6.38. The molecule has 0 radical (unpaired) electrons. The lowest BCUT2D eigenvalue weighted by molar-refractivity contribution is 0.150. The number of thioether (sulfide) groups is 1. The summed E-state index contributed by atoms with van der Waals surface area (Å²) in [5.74, 6) is 1.42. The molecule has 1 aliphatic carbocycles. The molecule has 0 saturated heterocycles. The third-order valence-corrected chi connectivity index (χ3v) is 9.39. The zero-order valence-electron chi connectivity index (χ0n) is 19.6. The second-order valence-corrected chi connectivity index (χ2v) is 11.9. The molecule has 1 aliphatic heterocycles. The van der Waals surface area contributed by atoms with E-state index in [1.165, 1.54) is 11.4 Å². The van der Waals surface area contributed by atoms with Crippen molar-refractivity contribution in [2.24, 2.45) is 0 Å². The van der Waals surface area contributed by atoms with Crippen LogP contribution in [0.5, 0.6) is 0 Å². The van der Waals surface area contributed by atoms with Crippen LogP contribution in [0.25, 0.3) is 16.3 Å². The van der Waals surface area contributed by atoms with E-state index in [0.717, 1.165) is 59.2 Å². The minimum Gasteiger partial charge on any atom is -0.378 e. The molecule has 34 heavy (non-hydrogen) atoms. The summed E-state index contributed by atoms with van der Waals surface area (Å²) in [6, 6.07) is 2.26. The summed E-state index contributed by atoms with van der Waals surface area (Å²) >= 11 is 4.33. The van der Waals surface area contributed by atoms with Crippen LogP contribution in [0.1, 0.15) is 45.0 Å². The molecular weight excluding hydrogens is 496 g/mol. The molecule has 7 nitrogen and oxygen atoms in total. The van der Waals surface area contributed by atoms with Crippen LogP contribution in [0.15, 0.2) is 34.7 Å². The molecule has 3 aromatic heterocycles. The monoisotopic (exact) mass is 524 g/mol. The number of hydrogen-bond donors (Lipinski definition) is 2. The van der Waals surface area contributed by atoms with Gasteiger partial charge >= 0.3 is 0 Å². The first-order valence-corrected chi connectivity index (χ1v) is 14.1. The van der Waals surface area contributed by atoms with Crippen molar-refractivity contribution in [3.63, 3.8) is 0 Å². The van der Waals surface area contributed by atoms with Crippen molar-refractivity contribution >= 4 is 46.3 Å². The van der Waals surface area contributed by atoms with Crippen molar-refractivity contribution in [1.29, 1.82) is 0 Å². The fourth-order valence-corrected chi connectivity index (χ4v) is 6.79. The summed E-state index contributed by atoms with van der Waals surface area (Å²) in [6.07, 6.45) is 5.67. The maximum Gasteiger partial charge on any atom is 0.291 e. The van der Waals surface area contributed by atoms with Gasteiger partial charge in [0.2, 0.25) is 0 Å². The second-order valence-electron chi connectivity index (χ2n) is 9.16. The lowest BCUT2D eigenvalue weighted by Crippen LogP contribution is -2.55. The lowest BCUT2D eigenvalue weighted by atomic mass is 10.1. The van der Waals surface area contributed by atoms with Crippen molar-refractivity contribution in [2.45, 2.75) is 50.5 Å². The van der Waals surface area contributed by atoms with Gasteiger partial charge < -0.3 is 5.32 Å². The fourth-order valence-electron chi connectivity index (χ4n) is 4.30. The number of quaternary nitrogens is 1. The minimum atomic E-state index is -2.64. The van der Waals surface area contributed by atoms with E-state index in [9.17, 15) is 8.78 Å². The van der Waals surface area contributed by atoms with Gasteiger partial charge in [0.25, 0.3) is 6.43 Å². The molecule has 182 valence electrons. The highest BCUT2D eigenvalue weighted by Gasteiger charge is 2.40. The number of fused-ring (bicyclic) bond motifs is 1. The maximum absolute atomic E-state index is 13.2. The standard InChI is InChI=1S/C22H28F2N7S3/c1-13-14(2)31(12-32-4,8-7-25-13)17-9-15(34-29-22(3)5-6-22)11-30-16(17)10-26-19(30)21-28-27-20(33-21)18(23)24/h9-11,18,25,29H,5-8,12H2,1-4H3/q+1. The third-order valence-electron chi connectivity index (χ3n) is 6.71. The van der Waals surface area contributed by atoms with E-state index >= 15 is 0 Å². The minimum absolute atomic E-state index is 0.163. The zero-order chi connectivity index (χ0) is 24.1. The average Bonchev–Trinajstić information content (AvgIpc) is 3.19. The number of nitrogens with zero attached hydrogens (tertiary/aromatic N) is 5. The Morgan fingerprint density at radius 2 is 2.12 bits per heavy atom. The van der Waals surface area contributed by atoms with Gasteiger partial charge in [-0.3, -0.25) is 9.12 Å². The number of imidazole rings is 1. The molecule has 1 unspecified atom stereocenters. The van der Waals surface area contributed by atoms with Crippen LogP contribution < -0.4 is 14.5 Å². The molecule has 0 amide bonds. The highest BCUT2D eigenvalue weighted by Crippen LogP contribution is 2.42. The Hall–Kier alpha value is -1.73. The molecule has 1 fully saturated rings. The molecule has 2 aliphatic rings. The Morgan fingerprint density at radius 1 is 1.32 bits per heavy atom. The van der Waals surface area contributed by atoms with E-state index in [0.29, 0.717) is 15.3 Å². The van der Waals surface area contributed by atoms with Crippen molar-refractivity contribution in [1.82, 2.24) is 34.1 Å². The summed E-state index contributed by atoms with van der Waals surface area (Å²) in [5.41, 5.74) is 4.72. The van der Waals surface area contributed by atoms with Crippen molar-refractivity contribution in [2.75, 3.05) is 25.2 Å². The van der Waals surface area contributed by atoms with Gasteiger partial charge in [-0.25, -0.2) is 18.2 Å². The molecule has 5 rings (SSSR count). The molecular formula is C22H28F2N7S3+. The van der Waals surface area contributed by atoms with Crippen LogP contribution in [-0.4, -0.2) is 50.3 Å². The van der Waals surface area contributed by atoms with E-state index < -0.39 is 6.43 Å². The summed E-state index contributed by atoms with van der Waals surface area (Å²) in [4.78, 5) is 5.69. The van der Waals surface area contributed by atoms with Gasteiger partial charge in [0.1, 0.15) is 23.6 Å². The van der Waals surface area contributed by atoms with E-state index in [4.69, 9.17) is 0 Å². The fraction of sp³-hybridized carbons (Fsp3) is 0.500. The van der Waals surface area contributed by atoms with Crippen LogP contribution in [-0.2, 0) is 0 Å². The normalized spacial score (nSPS) is 22.0. The van der Waals surface area contributed by atoms with Crippen molar-refractivity contribution in [3.05, 3.63) is 34.9 Å². The first kappa shape index (κ1) is 24.0. The van der Waals surface area contributed by atoms with E-state index in [-0.39, 0.29) is 10.5 Å². The third kappa shape index (κ3) is 4.23. The summed E-state index contributed by atoms with van der Waals surface area (Å²) in [6.45, 7) is 8.33. The van der Waals surface area contributed by atoms with Crippen LogP contribution in [0.4, 0.5) is 14.5 Å². The zero-order valence-corrected chi connectivity index (χ0v) is 22.0. The van der Waals surface area contributed by atoms with Gasteiger partial charge in [-0.15, -0.1) is 22.0 Å². The van der Waals surface area contributed by atoms with E-state index in [1.807, 2.05) is 28.6 Å². The summed E-state index contributed by atoms with van der Waals surface area (Å²) in [7, 11) is 0. The molecule has 4 heterocycles. The van der Waals surface area contributed by atoms with Crippen molar-refractivity contribution < 1.29 is 8.78 Å². The topological polar surface area (TPSA) is 67.1 Å². The summed E-state index contributed by atoms with van der Waals surface area (Å²) in [5, 5.41) is 11.3. The van der Waals surface area contributed by atoms with Crippen LogP contribution in [0.3, 0.4) is 0 Å². The number of halogens is 2. The summed E-state index contributed by atoms with van der Waals surface area (Å²) < 4.78 is 32.7. The number of pyridine rings is 1. The first-order valence-electron chi connectivity index (χ1n) is 11.1. The first-order chi connectivity index (χ1) is 16.3. The molecule has 0 spiro atoms. The van der Waals surface area contributed by atoms with Gasteiger partial charge in [0.05, 0.1) is 18.4 Å². The number of alkyl halides is 2. The predicted molar refractivity (Wildman–Crippen MR) is 137 cm³/mol. The Labute approximate surface area is 210 Å². The van der Waals surface area contributed by atoms with Crippen LogP contribution in [0.2, 0.25) is 0 Å². The van der Waals surface area contributed by atoms with Crippen molar-refractivity contribution in [3.8, 4) is 10.8 Å². The molecule has 0 aromatic carbocycles. The van der Waals surface area contributed by atoms with Gasteiger partial charge in [-0.05, 0) is 44.9 Å². The van der Waals surface area contributed by atoms with Gasteiger partial charge in [0, 0.05) is 29.6 Å². The Bertz CT molecular complexity index is 1250. The van der Waals surface area contributed by atoms with Crippen LogP contribution in [0, 0.1) is 0 Å². The lowest BCUT2D eigenvalue weighted by Gasteiger charge is -2.42. The molecule has 12 heteroatoms. The number of allylic oxidation sites excluding steroid dienone is 2. The second kappa shape index (κ2) is 9.05. The van der Waals surface area contributed by atoms with Gasteiger partial charge in [0.15, 0.2) is 21.5 Å². The van der Waals surface area contributed by atoms with Gasteiger partial charge in [-0.1, -0.05) is 11.3 Å². The maximum atomic E-state index is 13.2. The van der Waals surface area contributed by atoms with Gasteiger partial charge in [-0.2, -0.15) is 0 Å². The largest absolute Gasteiger partial charge is 0.378 e. The highest BCUT2D eigenvalue weighted by molar-refractivity contribution is 7.98. The Morgan fingerprint density at radius 3 is 2.79 bits per heavy atom. The van der Waals surface area contributed by atoms with E-state index in [1.54, 1.807) is 11.9 Å².